The largest absolute Gasteiger partial charge is 0.308 e. The number of hydrazine groups is 1. The van der Waals surface area contributed by atoms with Gasteiger partial charge in [0, 0.05) is 17.2 Å². The first-order valence-corrected chi connectivity index (χ1v) is 7.76. The molecule has 2 aromatic carbocycles. The number of nitrogens with one attached hydrogen (secondary N) is 1. The van der Waals surface area contributed by atoms with Gasteiger partial charge in [-0.15, -0.1) is 0 Å². The summed E-state index contributed by atoms with van der Waals surface area (Å²) >= 11 is 0. The second-order valence-electron chi connectivity index (χ2n) is 5.60. The van der Waals surface area contributed by atoms with Gasteiger partial charge in [0.25, 0.3) is 0 Å². The first kappa shape index (κ1) is 14.4. The number of hydrogen-bond acceptors (Lipinski definition) is 4. The number of nitrogen functional groups attached to an aromatic ring is 1. The van der Waals surface area contributed by atoms with Gasteiger partial charge >= 0.3 is 0 Å². The van der Waals surface area contributed by atoms with Crippen molar-refractivity contribution in [3.8, 4) is 22.4 Å². The molecule has 4 rings (SSSR count). The molecular weight excluding hydrogens is 298 g/mol. The number of nitrogens with two attached hydrogens (primary N) is 1. The molecule has 0 unspecified atom stereocenters. The monoisotopic (exact) mass is 315 g/mol. The third-order valence-corrected chi connectivity index (χ3v) is 4.04. The van der Waals surface area contributed by atoms with E-state index < -0.39 is 0 Å². The van der Waals surface area contributed by atoms with E-state index in [1.807, 2.05) is 61.5 Å². The summed E-state index contributed by atoms with van der Waals surface area (Å²) in [7, 11) is 0. The lowest BCUT2D eigenvalue weighted by molar-refractivity contribution is 0.916. The quantitative estimate of drug-likeness (QED) is 0.447. The second kappa shape index (κ2) is 5.79. The number of aromatic nitrogens is 3. The standard InChI is InChI=1S/C19H17N5/c1-13-18(15-10-6-3-7-11-15)19-21-16(14-8-4-2-5-9-14)12-17(22-20)24(19)23-13/h2-12,22H,20H2,1H3. The maximum Gasteiger partial charge on any atom is 0.166 e. The Bertz CT molecular complexity index is 991. The van der Waals surface area contributed by atoms with Gasteiger partial charge in [0.05, 0.1) is 11.4 Å². The number of hydrogen-bond donors (Lipinski definition) is 2. The maximum absolute atomic E-state index is 5.72. The smallest absolute Gasteiger partial charge is 0.166 e. The van der Waals surface area contributed by atoms with E-state index in [9.17, 15) is 0 Å². The van der Waals surface area contributed by atoms with E-state index in [2.05, 4.69) is 22.7 Å². The third kappa shape index (κ3) is 2.31. The average molecular weight is 315 g/mol. The van der Waals surface area contributed by atoms with Crippen molar-refractivity contribution in [2.45, 2.75) is 6.92 Å². The molecule has 0 aliphatic rings. The molecule has 5 heteroatoms. The molecule has 24 heavy (non-hydrogen) atoms. The molecule has 2 aromatic heterocycles. The summed E-state index contributed by atoms with van der Waals surface area (Å²) in [6.45, 7) is 1.99. The Morgan fingerprint density at radius 3 is 2.17 bits per heavy atom. The van der Waals surface area contributed by atoms with Crippen molar-refractivity contribution in [2.75, 3.05) is 5.43 Å². The van der Waals surface area contributed by atoms with Gasteiger partial charge in [-0.3, -0.25) is 0 Å². The van der Waals surface area contributed by atoms with Crippen LogP contribution in [0, 0.1) is 6.92 Å². The number of rotatable bonds is 3. The van der Waals surface area contributed by atoms with E-state index in [0.717, 1.165) is 33.7 Å². The molecule has 118 valence electrons. The zero-order valence-electron chi connectivity index (χ0n) is 13.3. The molecule has 0 atom stereocenters. The predicted octanol–water partition coefficient (Wildman–Crippen LogP) is 3.66. The number of nitrogens with zero attached hydrogens (tertiary/aromatic N) is 3. The van der Waals surface area contributed by atoms with Crippen LogP contribution in [0.5, 0.6) is 0 Å². The van der Waals surface area contributed by atoms with Crippen LogP contribution in [0.3, 0.4) is 0 Å². The van der Waals surface area contributed by atoms with Gasteiger partial charge < -0.3 is 5.43 Å². The predicted molar refractivity (Wildman–Crippen MR) is 96.4 cm³/mol. The number of anilines is 1. The minimum Gasteiger partial charge on any atom is -0.308 e. The van der Waals surface area contributed by atoms with E-state index in [1.54, 1.807) is 4.52 Å². The van der Waals surface area contributed by atoms with Crippen molar-refractivity contribution in [2.24, 2.45) is 5.84 Å². The SMILES string of the molecule is Cc1nn2c(NN)cc(-c3ccccc3)nc2c1-c1ccccc1. The number of benzene rings is 2. The normalized spacial score (nSPS) is 10.9. The van der Waals surface area contributed by atoms with Gasteiger partial charge in [-0.05, 0) is 12.5 Å². The highest BCUT2D eigenvalue weighted by Crippen LogP contribution is 2.31. The topological polar surface area (TPSA) is 68.2 Å². The lowest BCUT2D eigenvalue weighted by Crippen LogP contribution is -2.12. The molecule has 2 heterocycles. The molecule has 0 aliphatic heterocycles. The zero-order valence-corrected chi connectivity index (χ0v) is 13.3. The lowest BCUT2D eigenvalue weighted by Gasteiger charge is -2.08. The van der Waals surface area contributed by atoms with Crippen LogP contribution < -0.4 is 11.3 Å². The second-order valence-corrected chi connectivity index (χ2v) is 5.60. The van der Waals surface area contributed by atoms with E-state index in [0.29, 0.717) is 5.82 Å². The molecule has 0 fully saturated rings. The molecule has 0 amide bonds. The fraction of sp³-hybridized carbons (Fsp3) is 0.0526. The van der Waals surface area contributed by atoms with Crippen LogP contribution in [-0.2, 0) is 0 Å². The van der Waals surface area contributed by atoms with Gasteiger partial charge in [0.1, 0.15) is 5.82 Å². The van der Waals surface area contributed by atoms with Gasteiger partial charge in [0.15, 0.2) is 5.65 Å². The Hall–Kier alpha value is -3.18. The Balaban J connectivity index is 2.03. The Kier molecular flexibility index (Phi) is 3.48. The summed E-state index contributed by atoms with van der Waals surface area (Å²) in [4.78, 5) is 4.86. The third-order valence-electron chi connectivity index (χ3n) is 4.04. The van der Waals surface area contributed by atoms with Crippen molar-refractivity contribution >= 4 is 11.5 Å². The van der Waals surface area contributed by atoms with Crippen molar-refractivity contribution < 1.29 is 0 Å². The molecule has 4 aromatic rings. The van der Waals surface area contributed by atoms with Gasteiger partial charge in [-0.2, -0.15) is 9.61 Å². The Morgan fingerprint density at radius 2 is 1.54 bits per heavy atom. The molecule has 0 radical (unpaired) electrons. The molecule has 3 N–H and O–H groups in total. The molecule has 0 spiro atoms. The highest BCUT2D eigenvalue weighted by atomic mass is 15.4. The van der Waals surface area contributed by atoms with E-state index >= 15 is 0 Å². The van der Waals surface area contributed by atoms with Crippen molar-refractivity contribution in [3.05, 3.63) is 72.4 Å². The minimum atomic E-state index is 0.698. The summed E-state index contributed by atoms with van der Waals surface area (Å²) < 4.78 is 1.75. The molecule has 5 nitrogen and oxygen atoms in total. The zero-order chi connectivity index (χ0) is 16.5. The highest BCUT2D eigenvalue weighted by molar-refractivity contribution is 5.82. The van der Waals surface area contributed by atoms with Crippen LogP contribution in [0.15, 0.2) is 66.7 Å². The number of fused-ring (bicyclic) bond motifs is 1. The lowest BCUT2D eigenvalue weighted by atomic mass is 10.1. The maximum atomic E-state index is 5.72. The van der Waals surface area contributed by atoms with Gasteiger partial charge in [0.2, 0.25) is 0 Å². The molecule has 0 saturated carbocycles. The first-order chi connectivity index (χ1) is 11.8. The summed E-state index contributed by atoms with van der Waals surface area (Å²) in [5.41, 5.74) is 8.43. The van der Waals surface area contributed by atoms with E-state index in [1.165, 1.54) is 0 Å². The van der Waals surface area contributed by atoms with Crippen LogP contribution in [0.4, 0.5) is 5.82 Å². The molecule has 0 aliphatic carbocycles. The van der Waals surface area contributed by atoms with E-state index in [4.69, 9.17) is 10.8 Å². The van der Waals surface area contributed by atoms with Crippen molar-refractivity contribution in [1.29, 1.82) is 0 Å². The van der Waals surface area contributed by atoms with Gasteiger partial charge in [-0.1, -0.05) is 60.7 Å². The van der Waals surface area contributed by atoms with Crippen LogP contribution in [0.2, 0.25) is 0 Å². The van der Waals surface area contributed by atoms with Crippen LogP contribution in [0.1, 0.15) is 5.69 Å². The van der Waals surface area contributed by atoms with Crippen LogP contribution in [-0.4, -0.2) is 14.6 Å². The molecule has 0 bridgehead atoms. The summed E-state index contributed by atoms with van der Waals surface area (Å²) in [6.07, 6.45) is 0. The van der Waals surface area contributed by atoms with Gasteiger partial charge in [-0.25, -0.2) is 10.8 Å². The first-order valence-electron chi connectivity index (χ1n) is 7.76. The van der Waals surface area contributed by atoms with E-state index in [-0.39, 0.29) is 0 Å². The highest BCUT2D eigenvalue weighted by Gasteiger charge is 2.16. The Morgan fingerprint density at radius 1 is 0.917 bits per heavy atom. The summed E-state index contributed by atoms with van der Waals surface area (Å²) in [5, 5.41) is 4.61. The number of aryl methyl sites for hydroxylation is 1. The molecular formula is C19H17N5. The summed E-state index contributed by atoms with van der Waals surface area (Å²) in [6, 6.07) is 22.1. The summed E-state index contributed by atoms with van der Waals surface area (Å²) in [5.74, 6) is 6.42. The van der Waals surface area contributed by atoms with Crippen LogP contribution >= 0.6 is 0 Å². The van der Waals surface area contributed by atoms with Crippen LogP contribution in [0.25, 0.3) is 28.0 Å². The molecule has 0 saturated heterocycles. The van der Waals surface area contributed by atoms with Crippen molar-refractivity contribution in [3.63, 3.8) is 0 Å². The fourth-order valence-corrected chi connectivity index (χ4v) is 2.93. The average Bonchev–Trinajstić information content (AvgIpc) is 2.98. The van der Waals surface area contributed by atoms with Crippen molar-refractivity contribution in [1.82, 2.24) is 14.6 Å². The fourth-order valence-electron chi connectivity index (χ4n) is 2.93. The minimum absolute atomic E-state index is 0.698. The Labute approximate surface area is 139 Å².